The van der Waals surface area contributed by atoms with Gasteiger partial charge in [-0.2, -0.15) is 0 Å². The maximum absolute atomic E-state index is 13.4. The minimum atomic E-state index is -0.475. The third kappa shape index (κ3) is 2.71. The lowest BCUT2D eigenvalue weighted by Crippen LogP contribution is -2.35. The van der Waals surface area contributed by atoms with Crippen LogP contribution in [-0.4, -0.2) is 23.4 Å². The van der Waals surface area contributed by atoms with Gasteiger partial charge in [-0.15, -0.1) is 11.6 Å². The van der Waals surface area contributed by atoms with Gasteiger partial charge >= 0.3 is 0 Å². The van der Waals surface area contributed by atoms with E-state index >= 15 is 0 Å². The fourth-order valence-corrected chi connectivity index (χ4v) is 2.40. The highest BCUT2D eigenvalue weighted by Crippen LogP contribution is 2.20. The van der Waals surface area contributed by atoms with Crippen molar-refractivity contribution < 1.29 is 8.78 Å². The first kappa shape index (κ1) is 11.8. The minimum absolute atomic E-state index is 0.101. The van der Waals surface area contributed by atoms with E-state index in [9.17, 15) is 8.78 Å². The van der Waals surface area contributed by atoms with E-state index in [0.717, 1.165) is 19.4 Å². The summed E-state index contributed by atoms with van der Waals surface area (Å²) >= 11 is 6.03. The first-order chi connectivity index (χ1) is 7.66. The summed E-state index contributed by atoms with van der Waals surface area (Å²) in [7, 11) is 0. The van der Waals surface area contributed by atoms with Crippen molar-refractivity contribution >= 4 is 11.6 Å². The van der Waals surface area contributed by atoms with Gasteiger partial charge in [0.05, 0.1) is 0 Å². The van der Waals surface area contributed by atoms with E-state index in [0.29, 0.717) is 13.1 Å². The van der Waals surface area contributed by atoms with Crippen molar-refractivity contribution in [3.63, 3.8) is 0 Å². The van der Waals surface area contributed by atoms with Crippen LogP contribution in [0.2, 0.25) is 0 Å². The van der Waals surface area contributed by atoms with E-state index in [2.05, 4.69) is 0 Å². The molecule has 1 aromatic rings. The summed E-state index contributed by atoms with van der Waals surface area (Å²) < 4.78 is 26.8. The molecule has 0 bridgehead atoms. The molecule has 0 aromatic heterocycles. The second-order valence-electron chi connectivity index (χ2n) is 4.17. The summed E-state index contributed by atoms with van der Waals surface area (Å²) in [5.74, 6) is -0.951. The molecule has 1 aliphatic rings. The van der Waals surface area contributed by atoms with E-state index in [1.165, 1.54) is 18.2 Å². The van der Waals surface area contributed by atoms with Crippen LogP contribution < -0.4 is 0 Å². The number of piperidine rings is 1. The van der Waals surface area contributed by atoms with Crippen molar-refractivity contribution in [2.75, 3.05) is 13.1 Å². The van der Waals surface area contributed by atoms with Gasteiger partial charge in [0.25, 0.3) is 0 Å². The van der Waals surface area contributed by atoms with Crippen LogP contribution in [0.4, 0.5) is 8.78 Å². The fraction of sp³-hybridized carbons (Fsp3) is 0.500. The van der Waals surface area contributed by atoms with E-state index in [4.69, 9.17) is 11.6 Å². The molecule has 0 saturated carbocycles. The molecular formula is C12H14ClF2N. The average molecular weight is 246 g/mol. The summed E-state index contributed by atoms with van der Waals surface area (Å²) in [6.45, 7) is 1.87. The highest BCUT2D eigenvalue weighted by atomic mass is 35.5. The summed E-state index contributed by atoms with van der Waals surface area (Å²) in [5.41, 5.74) is 0.147. The normalized spacial score (nSPS) is 22.3. The number of hydrogen-bond donors (Lipinski definition) is 0. The number of halogens is 3. The van der Waals surface area contributed by atoms with Gasteiger partial charge in [0.15, 0.2) is 0 Å². The van der Waals surface area contributed by atoms with Gasteiger partial charge in [0, 0.05) is 24.0 Å². The SMILES string of the molecule is Fc1cccc(F)c1CN1CCCC(Cl)C1. The Hall–Kier alpha value is -0.670. The third-order valence-corrected chi connectivity index (χ3v) is 3.25. The molecule has 0 aliphatic carbocycles. The van der Waals surface area contributed by atoms with Gasteiger partial charge < -0.3 is 0 Å². The summed E-state index contributed by atoms with van der Waals surface area (Å²) in [6, 6.07) is 3.97. The third-order valence-electron chi connectivity index (χ3n) is 2.89. The molecule has 0 amide bonds. The highest BCUT2D eigenvalue weighted by molar-refractivity contribution is 6.20. The molecule has 4 heteroatoms. The smallest absolute Gasteiger partial charge is 0.130 e. The van der Waals surface area contributed by atoms with E-state index in [1.54, 1.807) is 0 Å². The molecule has 1 aliphatic heterocycles. The molecular weight excluding hydrogens is 232 g/mol. The average Bonchev–Trinajstić information content (AvgIpc) is 2.24. The van der Waals surface area contributed by atoms with Crippen LogP contribution in [0.3, 0.4) is 0 Å². The second-order valence-corrected chi connectivity index (χ2v) is 4.79. The Morgan fingerprint density at radius 1 is 1.31 bits per heavy atom. The fourth-order valence-electron chi connectivity index (χ4n) is 2.05. The second kappa shape index (κ2) is 5.11. The Kier molecular flexibility index (Phi) is 3.77. The quantitative estimate of drug-likeness (QED) is 0.724. The Balaban J connectivity index is 2.08. The molecule has 1 nitrogen and oxygen atoms in total. The molecule has 0 radical (unpaired) electrons. The number of alkyl halides is 1. The largest absolute Gasteiger partial charge is 0.297 e. The standard InChI is InChI=1S/C12H14ClF2N/c13-9-3-2-6-16(7-9)8-10-11(14)4-1-5-12(10)15/h1,4-5,9H,2-3,6-8H2. The van der Waals surface area contributed by atoms with Crippen molar-refractivity contribution in [2.45, 2.75) is 24.8 Å². The molecule has 0 N–H and O–H groups in total. The van der Waals surface area contributed by atoms with Crippen LogP contribution in [0.5, 0.6) is 0 Å². The van der Waals surface area contributed by atoms with Crippen molar-refractivity contribution in [2.24, 2.45) is 0 Å². The van der Waals surface area contributed by atoms with Crippen LogP contribution in [0, 0.1) is 11.6 Å². The summed E-state index contributed by atoms with van der Waals surface area (Å²) in [6.07, 6.45) is 1.97. The number of nitrogens with zero attached hydrogens (tertiary/aromatic N) is 1. The zero-order valence-corrected chi connectivity index (χ0v) is 9.68. The molecule has 1 aromatic carbocycles. The molecule has 1 saturated heterocycles. The lowest BCUT2D eigenvalue weighted by molar-refractivity contribution is 0.218. The Labute approximate surface area is 99.0 Å². The van der Waals surface area contributed by atoms with Gasteiger partial charge in [-0.05, 0) is 31.5 Å². The van der Waals surface area contributed by atoms with Crippen molar-refractivity contribution in [3.8, 4) is 0 Å². The van der Waals surface area contributed by atoms with Gasteiger partial charge in [-0.25, -0.2) is 8.78 Å². The predicted octanol–water partition coefficient (Wildman–Crippen LogP) is 3.17. The van der Waals surface area contributed by atoms with Crippen molar-refractivity contribution in [1.82, 2.24) is 4.90 Å². The summed E-state index contributed by atoms with van der Waals surface area (Å²) in [5, 5.41) is 0.101. The number of likely N-dealkylation sites (tertiary alicyclic amines) is 1. The Morgan fingerprint density at radius 2 is 2.00 bits per heavy atom. The van der Waals surface area contributed by atoms with Crippen molar-refractivity contribution in [3.05, 3.63) is 35.4 Å². The van der Waals surface area contributed by atoms with Crippen LogP contribution in [0.1, 0.15) is 18.4 Å². The lowest BCUT2D eigenvalue weighted by atomic mass is 10.1. The Bertz CT molecular complexity index is 350. The maximum Gasteiger partial charge on any atom is 0.130 e. The minimum Gasteiger partial charge on any atom is -0.297 e. The number of benzene rings is 1. The maximum atomic E-state index is 13.4. The van der Waals surface area contributed by atoms with Crippen molar-refractivity contribution in [1.29, 1.82) is 0 Å². The van der Waals surface area contributed by atoms with E-state index in [-0.39, 0.29) is 10.9 Å². The molecule has 1 fully saturated rings. The molecule has 1 atom stereocenters. The van der Waals surface area contributed by atoms with Crippen LogP contribution in [-0.2, 0) is 6.54 Å². The first-order valence-electron chi connectivity index (χ1n) is 5.46. The van der Waals surface area contributed by atoms with E-state index in [1.807, 2.05) is 4.90 Å². The molecule has 16 heavy (non-hydrogen) atoms. The van der Waals surface area contributed by atoms with Gasteiger partial charge in [0.1, 0.15) is 11.6 Å². The van der Waals surface area contributed by atoms with E-state index < -0.39 is 11.6 Å². The topological polar surface area (TPSA) is 3.24 Å². The zero-order chi connectivity index (χ0) is 11.5. The molecule has 1 heterocycles. The molecule has 0 spiro atoms. The lowest BCUT2D eigenvalue weighted by Gasteiger charge is -2.29. The molecule has 88 valence electrons. The zero-order valence-electron chi connectivity index (χ0n) is 8.93. The van der Waals surface area contributed by atoms with Crippen LogP contribution >= 0.6 is 11.6 Å². The van der Waals surface area contributed by atoms with Crippen LogP contribution in [0.15, 0.2) is 18.2 Å². The Morgan fingerprint density at radius 3 is 2.62 bits per heavy atom. The van der Waals surface area contributed by atoms with Gasteiger partial charge in [-0.1, -0.05) is 6.07 Å². The van der Waals surface area contributed by atoms with Gasteiger partial charge in [0.2, 0.25) is 0 Å². The predicted molar refractivity (Wildman–Crippen MR) is 60.5 cm³/mol. The number of hydrogen-bond acceptors (Lipinski definition) is 1. The molecule has 2 rings (SSSR count). The summed E-state index contributed by atoms with van der Waals surface area (Å²) in [4.78, 5) is 2.00. The van der Waals surface area contributed by atoms with Crippen LogP contribution in [0.25, 0.3) is 0 Å². The first-order valence-corrected chi connectivity index (χ1v) is 5.90. The highest BCUT2D eigenvalue weighted by Gasteiger charge is 2.20. The monoisotopic (exact) mass is 245 g/mol. The number of rotatable bonds is 2. The molecule has 1 unspecified atom stereocenters. The van der Waals surface area contributed by atoms with Gasteiger partial charge in [-0.3, -0.25) is 4.90 Å².